The number of anilines is 1. The van der Waals surface area contributed by atoms with Gasteiger partial charge in [0.2, 0.25) is 0 Å². The molecule has 0 atom stereocenters. The van der Waals surface area contributed by atoms with E-state index in [4.69, 9.17) is 0 Å². The zero-order chi connectivity index (χ0) is 29.2. The number of aryl methyl sites for hydroxylation is 1. The van der Waals surface area contributed by atoms with E-state index in [2.05, 4.69) is 54.8 Å². The first kappa shape index (κ1) is 28.4. The highest BCUT2D eigenvalue weighted by Crippen LogP contribution is 2.36. The lowest BCUT2D eigenvalue weighted by molar-refractivity contribution is 0.0979. The SMILES string of the molecule is Cc1ccc(-c2c(C(=O)CCC3=CC=CCC=C3)[nH]c3ccc(NS(=O)(=O)c4ccc(C(C)(C)C)cc4)cc23)cc1. The number of carbonyl (C=O) groups is 1. The lowest BCUT2D eigenvalue weighted by atomic mass is 9.87. The Morgan fingerprint density at radius 2 is 1.68 bits per heavy atom. The van der Waals surface area contributed by atoms with E-state index < -0.39 is 10.0 Å². The Kier molecular flexibility index (Phi) is 7.87. The number of benzene rings is 3. The van der Waals surface area contributed by atoms with Crippen LogP contribution in [0.5, 0.6) is 0 Å². The van der Waals surface area contributed by atoms with E-state index in [1.54, 1.807) is 24.3 Å². The van der Waals surface area contributed by atoms with Gasteiger partial charge in [-0.05, 0) is 72.2 Å². The minimum atomic E-state index is -3.81. The van der Waals surface area contributed by atoms with E-state index in [0.717, 1.165) is 45.2 Å². The maximum atomic E-state index is 13.6. The first-order valence-corrected chi connectivity index (χ1v) is 15.4. The van der Waals surface area contributed by atoms with E-state index in [0.29, 0.717) is 24.2 Å². The second-order valence-corrected chi connectivity index (χ2v) is 13.3. The molecular formula is C35H36N2O3S. The van der Waals surface area contributed by atoms with Crippen LogP contribution < -0.4 is 4.72 Å². The summed E-state index contributed by atoms with van der Waals surface area (Å²) in [6.07, 6.45) is 12.2. The molecule has 2 N–H and O–H groups in total. The van der Waals surface area contributed by atoms with Gasteiger partial charge in [0, 0.05) is 28.6 Å². The van der Waals surface area contributed by atoms with Crippen LogP contribution in [0.1, 0.15) is 61.6 Å². The number of carbonyl (C=O) groups excluding carboxylic acids is 1. The Morgan fingerprint density at radius 3 is 2.39 bits per heavy atom. The second kappa shape index (κ2) is 11.4. The standard InChI is InChI=1S/C35H36N2O3S/c1-24-11-14-26(15-12-24)33-30-23-28(37-41(39,40)29-19-16-27(17-20-29)35(2,3)4)18-21-31(30)36-34(33)32(38)22-13-25-9-7-5-6-8-10-25/h5,7-12,14-21,23,36-37H,6,13,22H2,1-4H3. The lowest BCUT2D eigenvalue weighted by Gasteiger charge is -2.19. The highest BCUT2D eigenvalue weighted by atomic mass is 32.2. The number of nitrogens with one attached hydrogen (secondary N) is 2. The fraction of sp³-hybridized carbons (Fsp3) is 0.229. The summed E-state index contributed by atoms with van der Waals surface area (Å²) in [6.45, 7) is 8.30. The predicted octanol–water partition coefficient (Wildman–Crippen LogP) is 8.65. The third-order valence-corrected chi connectivity index (χ3v) is 8.79. The van der Waals surface area contributed by atoms with Crippen molar-refractivity contribution in [3.05, 3.63) is 120 Å². The maximum Gasteiger partial charge on any atom is 0.261 e. The van der Waals surface area contributed by atoms with Crippen molar-refractivity contribution in [2.45, 2.75) is 57.3 Å². The number of rotatable bonds is 8. The minimum absolute atomic E-state index is 0.0142. The van der Waals surface area contributed by atoms with Gasteiger partial charge in [-0.3, -0.25) is 9.52 Å². The van der Waals surface area contributed by atoms with Crippen molar-refractivity contribution < 1.29 is 13.2 Å². The number of sulfonamides is 1. The largest absolute Gasteiger partial charge is 0.352 e. The van der Waals surface area contributed by atoms with Crippen LogP contribution in [0.3, 0.4) is 0 Å². The van der Waals surface area contributed by atoms with Crippen LogP contribution >= 0.6 is 0 Å². The average Bonchev–Trinajstić information content (AvgIpc) is 3.11. The molecule has 1 aliphatic carbocycles. The molecule has 5 nitrogen and oxygen atoms in total. The molecule has 0 fully saturated rings. The van der Waals surface area contributed by atoms with E-state index in [-0.39, 0.29) is 16.1 Å². The molecule has 3 aromatic carbocycles. The smallest absolute Gasteiger partial charge is 0.261 e. The molecule has 0 bridgehead atoms. The number of aromatic amines is 1. The average molecular weight is 565 g/mol. The van der Waals surface area contributed by atoms with Crippen molar-refractivity contribution in [2.24, 2.45) is 0 Å². The Bertz CT molecular complexity index is 1780. The molecule has 0 saturated carbocycles. The van der Waals surface area contributed by atoms with E-state index in [1.807, 2.05) is 55.5 Å². The molecule has 210 valence electrons. The number of aromatic nitrogens is 1. The summed E-state index contributed by atoms with van der Waals surface area (Å²) >= 11 is 0. The van der Waals surface area contributed by atoms with Crippen LogP contribution in [0.4, 0.5) is 5.69 Å². The summed E-state index contributed by atoms with van der Waals surface area (Å²) in [5.41, 5.74) is 6.66. The molecule has 41 heavy (non-hydrogen) atoms. The van der Waals surface area contributed by atoms with Gasteiger partial charge in [0.25, 0.3) is 10.0 Å². The molecule has 1 aliphatic rings. The summed E-state index contributed by atoms with van der Waals surface area (Å²) in [4.78, 5) is 17.1. The maximum absolute atomic E-state index is 13.6. The number of ketones is 1. The van der Waals surface area contributed by atoms with Gasteiger partial charge in [0.15, 0.2) is 5.78 Å². The van der Waals surface area contributed by atoms with Gasteiger partial charge >= 0.3 is 0 Å². The third-order valence-electron chi connectivity index (χ3n) is 7.39. The predicted molar refractivity (Wildman–Crippen MR) is 169 cm³/mol. The first-order chi connectivity index (χ1) is 19.5. The molecule has 1 aromatic heterocycles. The monoisotopic (exact) mass is 564 g/mol. The summed E-state index contributed by atoms with van der Waals surface area (Å²) in [5, 5.41) is 0.789. The van der Waals surface area contributed by atoms with Gasteiger partial charge in [-0.15, -0.1) is 0 Å². The molecule has 0 aliphatic heterocycles. The molecule has 1 heterocycles. The van der Waals surface area contributed by atoms with Crippen LogP contribution in [-0.2, 0) is 15.4 Å². The molecule has 5 rings (SSSR count). The summed E-state index contributed by atoms with van der Waals surface area (Å²) < 4.78 is 29.3. The van der Waals surface area contributed by atoms with E-state index >= 15 is 0 Å². The molecular weight excluding hydrogens is 528 g/mol. The lowest BCUT2D eigenvalue weighted by Crippen LogP contribution is -2.14. The van der Waals surface area contributed by atoms with Crippen LogP contribution in [0.15, 0.2) is 108 Å². The number of H-pyrrole nitrogens is 1. The highest BCUT2D eigenvalue weighted by Gasteiger charge is 2.22. The number of hydrogen-bond donors (Lipinski definition) is 2. The van der Waals surface area contributed by atoms with Gasteiger partial charge in [-0.2, -0.15) is 0 Å². The molecule has 4 aromatic rings. The van der Waals surface area contributed by atoms with Gasteiger partial charge in [0.1, 0.15) is 0 Å². The van der Waals surface area contributed by atoms with Gasteiger partial charge in [-0.25, -0.2) is 8.42 Å². The number of Topliss-reactive ketones (excluding diaryl/α,β-unsaturated/α-hetero) is 1. The fourth-order valence-corrected chi connectivity index (χ4v) is 6.06. The van der Waals surface area contributed by atoms with Gasteiger partial charge < -0.3 is 4.98 Å². The van der Waals surface area contributed by atoms with Crippen LogP contribution in [0, 0.1) is 6.92 Å². The topological polar surface area (TPSA) is 79.0 Å². The summed E-state index contributed by atoms with van der Waals surface area (Å²) in [6, 6.07) is 20.4. The highest BCUT2D eigenvalue weighted by molar-refractivity contribution is 7.92. The molecule has 0 saturated heterocycles. The van der Waals surface area contributed by atoms with Crippen molar-refractivity contribution in [1.29, 1.82) is 0 Å². The van der Waals surface area contributed by atoms with E-state index in [9.17, 15) is 13.2 Å². The number of fused-ring (bicyclic) bond motifs is 1. The minimum Gasteiger partial charge on any atom is -0.352 e. The molecule has 6 heteroatoms. The third kappa shape index (κ3) is 6.44. The van der Waals surface area contributed by atoms with Crippen LogP contribution in [-0.4, -0.2) is 19.2 Å². The van der Waals surface area contributed by atoms with Crippen LogP contribution in [0.2, 0.25) is 0 Å². The van der Waals surface area contributed by atoms with Gasteiger partial charge in [0.05, 0.1) is 10.6 Å². The Morgan fingerprint density at radius 1 is 0.951 bits per heavy atom. The number of allylic oxidation sites excluding steroid dienone is 6. The van der Waals surface area contributed by atoms with E-state index in [1.165, 1.54) is 0 Å². The first-order valence-electron chi connectivity index (χ1n) is 13.9. The molecule has 0 unspecified atom stereocenters. The summed E-state index contributed by atoms with van der Waals surface area (Å²) in [7, 11) is -3.81. The van der Waals surface area contributed by atoms with Crippen LogP contribution in [0.25, 0.3) is 22.0 Å². The fourth-order valence-electron chi connectivity index (χ4n) is 5.01. The van der Waals surface area contributed by atoms with Crippen molar-refractivity contribution in [2.75, 3.05) is 4.72 Å². The Hall–Kier alpha value is -4.16. The normalized spacial score (nSPS) is 13.7. The van der Waals surface area contributed by atoms with Crippen molar-refractivity contribution in [1.82, 2.24) is 4.98 Å². The summed E-state index contributed by atoms with van der Waals surface area (Å²) in [5.74, 6) is 0.0142. The zero-order valence-corrected chi connectivity index (χ0v) is 24.8. The molecule has 0 spiro atoms. The molecule has 0 radical (unpaired) electrons. The zero-order valence-electron chi connectivity index (χ0n) is 24.0. The quantitative estimate of drug-likeness (QED) is 0.210. The van der Waals surface area contributed by atoms with Gasteiger partial charge in [-0.1, -0.05) is 93.1 Å². The van der Waals surface area contributed by atoms with Crippen molar-refractivity contribution >= 4 is 32.4 Å². The Labute approximate surface area is 242 Å². The Balaban J connectivity index is 1.49. The van der Waals surface area contributed by atoms with Crippen molar-refractivity contribution in [3.8, 4) is 11.1 Å². The number of hydrogen-bond acceptors (Lipinski definition) is 3. The van der Waals surface area contributed by atoms with Crippen molar-refractivity contribution in [3.63, 3.8) is 0 Å². The second-order valence-electron chi connectivity index (χ2n) is 11.6. The molecule has 0 amide bonds.